The molecule has 0 saturated carbocycles. The van der Waals surface area contributed by atoms with Gasteiger partial charge in [-0.3, -0.25) is 10.1 Å². The maximum atomic E-state index is 12.7. The van der Waals surface area contributed by atoms with E-state index in [1.54, 1.807) is 19.0 Å². The number of halogens is 1. The number of carbonyl (C=O) groups excluding carboxylic acids is 1. The molecular weight excluding hydrogens is 390 g/mol. The summed E-state index contributed by atoms with van der Waals surface area (Å²) < 4.78 is 11.0. The van der Waals surface area contributed by atoms with Gasteiger partial charge in [0.15, 0.2) is 0 Å². The predicted octanol–water partition coefficient (Wildman–Crippen LogP) is 2.05. The van der Waals surface area contributed by atoms with Gasteiger partial charge in [-0.15, -0.1) is 12.4 Å². The Morgan fingerprint density at radius 2 is 1.82 bits per heavy atom. The summed E-state index contributed by atoms with van der Waals surface area (Å²) >= 11 is 0. The lowest BCUT2D eigenvalue weighted by Crippen LogP contribution is -2.43. The summed E-state index contributed by atoms with van der Waals surface area (Å²) in [4.78, 5) is 27.6. The summed E-state index contributed by atoms with van der Waals surface area (Å²) in [5.41, 5.74) is 0.322. The number of benzene rings is 1. The van der Waals surface area contributed by atoms with E-state index in [9.17, 15) is 14.9 Å². The lowest BCUT2D eigenvalue weighted by atomic mass is 10.0. The van der Waals surface area contributed by atoms with Crippen molar-refractivity contribution in [1.82, 2.24) is 4.90 Å². The zero-order valence-electron chi connectivity index (χ0n) is 16.5. The maximum absolute atomic E-state index is 12.7. The van der Waals surface area contributed by atoms with E-state index < -0.39 is 10.9 Å². The predicted molar refractivity (Wildman–Crippen MR) is 108 cm³/mol. The van der Waals surface area contributed by atoms with Gasteiger partial charge in [-0.25, -0.2) is 4.79 Å². The highest BCUT2D eigenvalue weighted by atomic mass is 35.5. The quantitative estimate of drug-likeness (QED) is 0.408. The Morgan fingerprint density at radius 3 is 2.29 bits per heavy atom. The summed E-state index contributed by atoms with van der Waals surface area (Å²) in [6.45, 7) is 0. The molecule has 2 heterocycles. The molecule has 2 N–H and O–H groups in total. The Labute approximate surface area is 170 Å². The van der Waals surface area contributed by atoms with Gasteiger partial charge >= 0.3 is 5.97 Å². The van der Waals surface area contributed by atoms with Crippen molar-refractivity contribution in [2.75, 3.05) is 33.2 Å². The zero-order valence-corrected chi connectivity index (χ0v) is 17.3. The van der Waals surface area contributed by atoms with Crippen molar-refractivity contribution in [3.05, 3.63) is 27.8 Å². The van der Waals surface area contributed by atoms with Crippen LogP contribution >= 0.6 is 12.4 Å². The van der Waals surface area contributed by atoms with Crippen molar-refractivity contribution in [1.29, 1.82) is 0 Å². The first kappa shape index (κ1) is 23.9. The van der Waals surface area contributed by atoms with Gasteiger partial charge in [0.1, 0.15) is 23.1 Å². The molecular formula is C18H28ClN3O6. The number of hydrogen-bond acceptors (Lipinski definition) is 7. The van der Waals surface area contributed by atoms with Crippen LogP contribution < -0.4 is 9.64 Å². The molecule has 0 amide bonds. The van der Waals surface area contributed by atoms with Gasteiger partial charge in [-0.2, -0.15) is 0 Å². The van der Waals surface area contributed by atoms with Crippen LogP contribution in [-0.4, -0.2) is 67.7 Å². The zero-order chi connectivity index (χ0) is 19.0. The molecule has 2 unspecified atom stereocenters. The number of nitro benzene ring substituents is 1. The molecule has 9 nitrogen and oxygen atoms in total. The van der Waals surface area contributed by atoms with Crippen LogP contribution in [0.1, 0.15) is 36.0 Å². The maximum Gasteiger partial charge on any atom is 0.342 e. The molecule has 2 saturated heterocycles. The highest BCUT2D eigenvalue weighted by Gasteiger charge is 2.40. The molecule has 0 radical (unpaired) electrons. The first-order valence-corrected chi connectivity index (χ1v) is 8.78. The van der Waals surface area contributed by atoms with Gasteiger partial charge < -0.3 is 24.7 Å². The molecule has 2 aliphatic rings. The van der Waals surface area contributed by atoms with Crippen LogP contribution in [0.15, 0.2) is 12.1 Å². The van der Waals surface area contributed by atoms with E-state index in [0.29, 0.717) is 17.8 Å². The van der Waals surface area contributed by atoms with Crippen molar-refractivity contribution in [3.8, 4) is 5.75 Å². The van der Waals surface area contributed by atoms with Crippen LogP contribution in [0.2, 0.25) is 0 Å². The van der Waals surface area contributed by atoms with Gasteiger partial charge in [0.05, 0.1) is 12.0 Å². The number of carbonyl (C=O) groups is 1. The van der Waals surface area contributed by atoms with Crippen LogP contribution in [0.4, 0.5) is 11.4 Å². The highest BCUT2D eigenvalue weighted by molar-refractivity contribution is 5.95. The SMILES string of the molecule is COc1cc(N(C)C)c([N+](=O)[O-])cc1C(=O)OC1CC2CCC(C1)N2C.Cl.O. The Balaban J connectivity index is 0.00000196. The normalized spacial score (nSPS) is 23.2. The van der Waals surface area contributed by atoms with E-state index in [1.165, 1.54) is 19.2 Å². The van der Waals surface area contributed by atoms with E-state index in [2.05, 4.69) is 11.9 Å². The molecule has 158 valence electrons. The Morgan fingerprint density at radius 1 is 1.25 bits per heavy atom. The average Bonchev–Trinajstić information content (AvgIpc) is 2.81. The lowest BCUT2D eigenvalue weighted by molar-refractivity contribution is -0.384. The van der Waals surface area contributed by atoms with Crippen molar-refractivity contribution in [3.63, 3.8) is 0 Å². The minimum Gasteiger partial charge on any atom is -0.496 e. The third kappa shape index (κ3) is 4.48. The number of nitro groups is 1. The van der Waals surface area contributed by atoms with Gasteiger partial charge in [-0.1, -0.05) is 0 Å². The number of anilines is 1. The van der Waals surface area contributed by atoms with Gasteiger partial charge in [0, 0.05) is 51.2 Å². The highest BCUT2D eigenvalue weighted by Crippen LogP contribution is 2.38. The number of rotatable bonds is 5. The lowest BCUT2D eigenvalue weighted by Gasteiger charge is -2.35. The summed E-state index contributed by atoms with van der Waals surface area (Å²) in [5.74, 6) is -0.288. The van der Waals surface area contributed by atoms with Crippen LogP contribution in [0.5, 0.6) is 5.75 Å². The number of esters is 1. The molecule has 3 rings (SSSR count). The van der Waals surface area contributed by atoms with Crippen LogP contribution in [0.25, 0.3) is 0 Å². The van der Waals surface area contributed by atoms with Crippen molar-refractivity contribution < 1.29 is 24.7 Å². The Bertz CT molecular complexity index is 716. The molecule has 1 aromatic rings. The number of ether oxygens (including phenoxy) is 2. The van der Waals surface area contributed by atoms with Crippen molar-refractivity contribution in [2.45, 2.75) is 43.9 Å². The van der Waals surface area contributed by atoms with E-state index >= 15 is 0 Å². The van der Waals surface area contributed by atoms with E-state index in [0.717, 1.165) is 25.7 Å². The largest absolute Gasteiger partial charge is 0.496 e. The summed E-state index contributed by atoms with van der Waals surface area (Å²) in [5, 5.41) is 11.4. The number of piperidine rings is 1. The molecule has 0 aromatic heterocycles. The second-order valence-corrected chi connectivity index (χ2v) is 7.24. The van der Waals surface area contributed by atoms with Gasteiger partial charge in [-0.05, 0) is 19.9 Å². The molecule has 2 atom stereocenters. The fourth-order valence-electron chi connectivity index (χ4n) is 4.06. The minimum atomic E-state index is -0.566. The number of hydrogen-bond donors (Lipinski definition) is 0. The minimum absolute atomic E-state index is 0. The van der Waals surface area contributed by atoms with Crippen molar-refractivity contribution in [2.24, 2.45) is 0 Å². The number of methoxy groups -OCH3 is 1. The Kier molecular flexibility index (Phi) is 8.04. The molecule has 1 aromatic carbocycles. The summed E-state index contributed by atoms with van der Waals surface area (Å²) in [7, 11) is 6.96. The number of nitrogens with zero attached hydrogens (tertiary/aromatic N) is 3. The molecule has 2 aliphatic heterocycles. The van der Waals surface area contributed by atoms with Gasteiger partial charge in [0.2, 0.25) is 0 Å². The molecule has 28 heavy (non-hydrogen) atoms. The summed E-state index contributed by atoms with van der Waals surface area (Å²) in [6, 6.07) is 3.64. The monoisotopic (exact) mass is 417 g/mol. The fraction of sp³-hybridized carbons (Fsp3) is 0.611. The third-order valence-electron chi connectivity index (χ3n) is 5.52. The fourth-order valence-corrected chi connectivity index (χ4v) is 4.06. The number of fused-ring (bicyclic) bond motifs is 2. The standard InChI is InChI=1S/C18H25N3O5.ClH.H2O/c1-19(2)15-10-17(25-4)14(9-16(15)21(23)24)18(22)26-13-7-11-5-6-12(8-13)20(11)3;;/h9-13H,5-8H2,1-4H3;1H;1H2. The van der Waals surface area contributed by atoms with E-state index in [4.69, 9.17) is 9.47 Å². The molecule has 2 fully saturated rings. The smallest absolute Gasteiger partial charge is 0.342 e. The van der Waals surface area contributed by atoms with Crippen molar-refractivity contribution >= 4 is 29.8 Å². The second kappa shape index (κ2) is 9.40. The van der Waals surface area contributed by atoms with Gasteiger partial charge in [0.25, 0.3) is 5.69 Å². The second-order valence-electron chi connectivity index (χ2n) is 7.24. The topological polar surface area (TPSA) is 117 Å². The first-order valence-electron chi connectivity index (χ1n) is 8.78. The Hall–Kier alpha value is -2.10. The summed E-state index contributed by atoms with van der Waals surface area (Å²) in [6.07, 6.45) is 3.70. The molecule has 2 bridgehead atoms. The average molecular weight is 418 g/mol. The van der Waals surface area contributed by atoms with Crippen LogP contribution in [-0.2, 0) is 4.74 Å². The first-order chi connectivity index (χ1) is 12.3. The molecule has 0 spiro atoms. The molecule has 0 aliphatic carbocycles. The molecule has 10 heteroatoms. The van der Waals surface area contributed by atoms with E-state index in [1.807, 2.05) is 0 Å². The van der Waals surface area contributed by atoms with E-state index in [-0.39, 0.29) is 41.0 Å². The third-order valence-corrected chi connectivity index (χ3v) is 5.52. The van der Waals surface area contributed by atoms with Crippen LogP contribution in [0, 0.1) is 10.1 Å². The van der Waals surface area contributed by atoms with Crippen LogP contribution in [0.3, 0.4) is 0 Å².